The molecule has 1 aromatic rings. The van der Waals surface area contributed by atoms with Crippen LogP contribution in [0.25, 0.3) is 0 Å². The first-order valence-corrected chi connectivity index (χ1v) is 7.70. The number of anilines is 1. The Morgan fingerprint density at radius 1 is 1.44 bits per heavy atom. The van der Waals surface area contributed by atoms with Crippen LogP contribution in [0.5, 0.6) is 0 Å². The topological polar surface area (TPSA) is 66.4 Å². The molecule has 6 heteroatoms. The maximum Gasteiger partial charge on any atom is 0.232 e. The van der Waals surface area contributed by atoms with Crippen molar-refractivity contribution < 1.29 is 13.5 Å². The van der Waals surface area contributed by atoms with Crippen molar-refractivity contribution in [1.82, 2.24) is 0 Å². The fourth-order valence-electron chi connectivity index (χ4n) is 1.17. The summed E-state index contributed by atoms with van der Waals surface area (Å²) in [5.41, 5.74) is 0.560. The van der Waals surface area contributed by atoms with Crippen molar-refractivity contribution in [3.05, 3.63) is 24.3 Å². The Bertz CT molecular complexity index is 431. The molecule has 0 unspecified atom stereocenters. The smallest absolute Gasteiger partial charge is 0.232 e. The normalized spacial score (nSPS) is 11.4. The molecule has 0 radical (unpaired) electrons. The largest absolute Gasteiger partial charge is 0.396 e. The van der Waals surface area contributed by atoms with E-state index in [1.807, 2.05) is 12.3 Å². The van der Waals surface area contributed by atoms with Crippen LogP contribution >= 0.6 is 11.8 Å². The van der Waals surface area contributed by atoms with Gasteiger partial charge in [-0.15, -0.1) is 11.8 Å². The predicted octanol–water partition coefficient (Wildman–Crippen LogP) is 1.53. The van der Waals surface area contributed by atoms with E-state index in [1.54, 1.807) is 30.0 Å². The van der Waals surface area contributed by atoms with E-state index in [0.717, 1.165) is 4.90 Å². The second-order valence-corrected chi connectivity index (χ2v) is 5.95. The number of hydrogen-bond acceptors (Lipinski definition) is 4. The molecule has 1 aromatic carbocycles. The lowest BCUT2D eigenvalue weighted by molar-refractivity contribution is 0.295. The number of benzene rings is 1. The fraction of sp³-hybridized carbons (Fsp3) is 0.400. The SMILES string of the molecule is CSc1cccc(NS(=O)(=O)CCCO)c1. The number of aliphatic hydroxyl groups excluding tert-OH is 1. The van der Waals surface area contributed by atoms with Gasteiger partial charge in [0.2, 0.25) is 10.0 Å². The van der Waals surface area contributed by atoms with Gasteiger partial charge in [-0.1, -0.05) is 6.07 Å². The third kappa shape index (κ3) is 4.42. The zero-order valence-electron chi connectivity index (χ0n) is 9.01. The Morgan fingerprint density at radius 2 is 2.19 bits per heavy atom. The summed E-state index contributed by atoms with van der Waals surface area (Å²) in [6, 6.07) is 7.20. The van der Waals surface area contributed by atoms with Crippen molar-refractivity contribution in [2.75, 3.05) is 23.3 Å². The highest BCUT2D eigenvalue weighted by atomic mass is 32.2. The van der Waals surface area contributed by atoms with Crippen molar-refractivity contribution in [3.63, 3.8) is 0 Å². The highest BCUT2D eigenvalue weighted by molar-refractivity contribution is 7.98. The highest BCUT2D eigenvalue weighted by Gasteiger charge is 2.09. The minimum atomic E-state index is -3.34. The molecule has 0 aromatic heterocycles. The summed E-state index contributed by atoms with van der Waals surface area (Å²) in [4.78, 5) is 1.00. The van der Waals surface area contributed by atoms with Gasteiger partial charge in [-0.25, -0.2) is 8.42 Å². The zero-order valence-corrected chi connectivity index (χ0v) is 10.6. The van der Waals surface area contributed by atoms with Crippen LogP contribution in [0.1, 0.15) is 6.42 Å². The summed E-state index contributed by atoms with van der Waals surface area (Å²) in [6.45, 7) is -0.119. The van der Waals surface area contributed by atoms with Crippen LogP contribution in [-0.2, 0) is 10.0 Å². The summed E-state index contributed by atoms with van der Waals surface area (Å²) in [5.74, 6) is -0.0625. The molecule has 16 heavy (non-hydrogen) atoms. The zero-order chi connectivity index (χ0) is 12.0. The molecule has 0 aliphatic heterocycles. The fourth-order valence-corrected chi connectivity index (χ4v) is 2.73. The number of rotatable bonds is 6. The molecule has 2 N–H and O–H groups in total. The van der Waals surface area contributed by atoms with Crippen molar-refractivity contribution in [2.24, 2.45) is 0 Å². The molecule has 0 aliphatic rings. The van der Waals surface area contributed by atoms with E-state index in [1.165, 1.54) is 0 Å². The molecule has 90 valence electrons. The predicted molar refractivity (Wildman–Crippen MR) is 67.3 cm³/mol. The summed E-state index contributed by atoms with van der Waals surface area (Å²) >= 11 is 1.55. The number of hydrogen-bond donors (Lipinski definition) is 2. The second kappa shape index (κ2) is 6.12. The third-order valence-electron chi connectivity index (χ3n) is 1.91. The first-order valence-electron chi connectivity index (χ1n) is 4.83. The van der Waals surface area contributed by atoms with Crippen LogP contribution in [0.3, 0.4) is 0 Å². The molecular weight excluding hydrogens is 246 g/mol. The van der Waals surface area contributed by atoms with E-state index in [9.17, 15) is 8.42 Å². The van der Waals surface area contributed by atoms with Gasteiger partial charge in [0.15, 0.2) is 0 Å². The van der Waals surface area contributed by atoms with Crippen molar-refractivity contribution in [3.8, 4) is 0 Å². The van der Waals surface area contributed by atoms with E-state index < -0.39 is 10.0 Å². The average Bonchev–Trinajstić information content (AvgIpc) is 2.26. The van der Waals surface area contributed by atoms with E-state index in [-0.39, 0.29) is 18.8 Å². The molecule has 4 nitrogen and oxygen atoms in total. The Kier molecular flexibility index (Phi) is 5.11. The van der Waals surface area contributed by atoms with Gasteiger partial charge < -0.3 is 5.11 Å². The molecule has 0 amide bonds. The highest BCUT2D eigenvalue weighted by Crippen LogP contribution is 2.19. The van der Waals surface area contributed by atoms with Crippen LogP contribution in [0.4, 0.5) is 5.69 Å². The van der Waals surface area contributed by atoms with Gasteiger partial charge in [0.25, 0.3) is 0 Å². The number of thioether (sulfide) groups is 1. The van der Waals surface area contributed by atoms with Crippen LogP contribution in [-0.4, -0.2) is 32.1 Å². The van der Waals surface area contributed by atoms with Gasteiger partial charge in [0.1, 0.15) is 0 Å². The van der Waals surface area contributed by atoms with Crippen LogP contribution in [0.2, 0.25) is 0 Å². The van der Waals surface area contributed by atoms with Gasteiger partial charge in [0, 0.05) is 17.2 Å². The van der Waals surface area contributed by atoms with Gasteiger partial charge in [-0.05, 0) is 30.9 Å². The lowest BCUT2D eigenvalue weighted by Gasteiger charge is -2.08. The van der Waals surface area contributed by atoms with Crippen molar-refractivity contribution in [2.45, 2.75) is 11.3 Å². The van der Waals surface area contributed by atoms with E-state index in [0.29, 0.717) is 5.69 Å². The summed E-state index contributed by atoms with van der Waals surface area (Å²) < 4.78 is 25.5. The molecule has 0 bridgehead atoms. The minimum Gasteiger partial charge on any atom is -0.396 e. The van der Waals surface area contributed by atoms with Crippen LogP contribution < -0.4 is 4.72 Å². The Balaban J connectivity index is 2.72. The van der Waals surface area contributed by atoms with Crippen LogP contribution in [0, 0.1) is 0 Å². The first-order chi connectivity index (χ1) is 7.57. The van der Waals surface area contributed by atoms with Gasteiger partial charge in [-0.3, -0.25) is 4.72 Å². The lowest BCUT2D eigenvalue weighted by atomic mass is 10.3. The van der Waals surface area contributed by atoms with Crippen molar-refractivity contribution in [1.29, 1.82) is 0 Å². The number of nitrogens with one attached hydrogen (secondary N) is 1. The summed E-state index contributed by atoms with van der Waals surface area (Å²) in [6.07, 6.45) is 2.18. The van der Waals surface area contributed by atoms with Gasteiger partial charge in [-0.2, -0.15) is 0 Å². The maximum atomic E-state index is 11.5. The Morgan fingerprint density at radius 3 is 2.81 bits per heavy atom. The van der Waals surface area contributed by atoms with Gasteiger partial charge in [0.05, 0.1) is 5.75 Å². The molecule has 0 heterocycles. The Hall–Kier alpha value is -0.720. The molecule has 0 fully saturated rings. The summed E-state index contributed by atoms with van der Waals surface area (Å²) in [7, 11) is -3.34. The van der Waals surface area contributed by atoms with Crippen LogP contribution in [0.15, 0.2) is 29.2 Å². The molecule has 0 spiro atoms. The Labute approximate surface area is 100 Å². The molecule has 1 rings (SSSR count). The first kappa shape index (κ1) is 13.3. The van der Waals surface area contributed by atoms with Crippen molar-refractivity contribution >= 4 is 27.5 Å². The summed E-state index contributed by atoms with van der Waals surface area (Å²) in [5, 5.41) is 8.58. The monoisotopic (exact) mass is 261 g/mol. The second-order valence-electron chi connectivity index (χ2n) is 3.23. The molecule has 0 saturated heterocycles. The molecule has 0 aliphatic carbocycles. The minimum absolute atomic E-state index is 0.0625. The molecule has 0 atom stereocenters. The number of aliphatic hydroxyl groups is 1. The lowest BCUT2D eigenvalue weighted by Crippen LogP contribution is -2.17. The molecular formula is C10H15NO3S2. The number of sulfonamides is 1. The average molecular weight is 261 g/mol. The molecule has 0 saturated carbocycles. The van der Waals surface area contributed by atoms with E-state index in [4.69, 9.17) is 5.11 Å². The van der Waals surface area contributed by atoms with E-state index in [2.05, 4.69) is 4.72 Å². The van der Waals surface area contributed by atoms with Gasteiger partial charge >= 0.3 is 0 Å². The maximum absolute atomic E-state index is 11.5. The quantitative estimate of drug-likeness (QED) is 0.762. The van der Waals surface area contributed by atoms with E-state index >= 15 is 0 Å². The standard InChI is InChI=1S/C10H15NO3S2/c1-15-10-5-2-4-9(8-10)11-16(13,14)7-3-6-12/h2,4-5,8,11-12H,3,6-7H2,1H3. The third-order valence-corrected chi connectivity index (χ3v) is 4.01.